The Bertz CT molecular complexity index is 970. The standard InChI is InChI=1S/C15H11N5O2/c21-15-19-13-14(20(15)9-10-4-1-2-6-16-10)18-11(8-17-13)12-5-3-7-22-12/h1-8H,9H2,(H,17,19,21). The van der Waals surface area contributed by atoms with E-state index in [0.717, 1.165) is 5.69 Å². The summed E-state index contributed by atoms with van der Waals surface area (Å²) in [5.74, 6) is 0.604. The fourth-order valence-corrected chi connectivity index (χ4v) is 2.26. The molecule has 4 aromatic heterocycles. The fraction of sp³-hybridized carbons (Fsp3) is 0.0667. The molecule has 7 nitrogen and oxygen atoms in total. The Hall–Kier alpha value is -3.22. The van der Waals surface area contributed by atoms with Gasteiger partial charge in [0.1, 0.15) is 5.69 Å². The zero-order valence-electron chi connectivity index (χ0n) is 11.4. The van der Waals surface area contributed by atoms with Crippen LogP contribution in [0.25, 0.3) is 22.7 Å². The van der Waals surface area contributed by atoms with Crippen molar-refractivity contribution in [3.05, 3.63) is 65.2 Å². The Morgan fingerprint density at radius 1 is 1.18 bits per heavy atom. The maximum absolute atomic E-state index is 12.1. The summed E-state index contributed by atoms with van der Waals surface area (Å²) in [4.78, 5) is 27.8. The van der Waals surface area contributed by atoms with Crippen LogP contribution in [-0.4, -0.2) is 24.5 Å². The van der Waals surface area contributed by atoms with Gasteiger partial charge in [-0.25, -0.2) is 14.8 Å². The molecule has 0 atom stereocenters. The molecular weight excluding hydrogens is 282 g/mol. The van der Waals surface area contributed by atoms with Crippen LogP contribution < -0.4 is 5.69 Å². The number of nitrogens with one attached hydrogen (secondary N) is 1. The second kappa shape index (κ2) is 4.96. The van der Waals surface area contributed by atoms with E-state index in [1.165, 1.54) is 4.57 Å². The third-order valence-corrected chi connectivity index (χ3v) is 3.30. The van der Waals surface area contributed by atoms with Gasteiger partial charge in [-0.2, -0.15) is 0 Å². The van der Waals surface area contributed by atoms with Crippen molar-refractivity contribution in [1.29, 1.82) is 0 Å². The van der Waals surface area contributed by atoms with Crippen molar-refractivity contribution in [2.24, 2.45) is 0 Å². The number of pyridine rings is 1. The second-order valence-corrected chi connectivity index (χ2v) is 4.74. The molecule has 0 fully saturated rings. The maximum Gasteiger partial charge on any atom is 0.329 e. The normalized spacial score (nSPS) is 11.1. The maximum atomic E-state index is 12.1. The minimum absolute atomic E-state index is 0.266. The van der Waals surface area contributed by atoms with Crippen LogP contribution in [0.4, 0.5) is 0 Å². The highest BCUT2D eigenvalue weighted by Gasteiger charge is 2.13. The molecule has 0 aliphatic heterocycles. The lowest BCUT2D eigenvalue weighted by molar-refractivity contribution is 0.580. The molecule has 1 N–H and O–H groups in total. The Balaban J connectivity index is 1.85. The van der Waals surface area contributed by atoms with Gasteiger partial charge in [0.15, 0.2) is 17.1 Å². The predicted octanol–water partition coefficient (Wildman–Crippen LogP) is 1.82. The number of nitrogens with zero attached hydrogens (tertiary/aromatic N) is 4. The Kier molecular flexibility index (Phi) is 2.82. The molecule has 0 aliphatic carbocycles. The van der Waals surface area contributed by atoms with Crippen molar-refractivity contribution in [2.75, 3.05) is 0 Å². The molecule has 4 aromatic rings. The first-order valence-corrected chi connectivity index (χ1v) is 6.70. The molecule has 0 amide bonds. The first-order chi connectivity index (χ1) is 10.8. The number of aromatic amines is 1. The molecule has 0 radical (unpaired) electrons. The van der Waals surface area contributed by atoms with Crippen LogP contribution >= 0.6 is 0 Å². The lowest BCUT2D eigenvalue weighted by Crippen LogP contribution is -2.18. The number of aromatic nitrogens is 5. The van der Waals surface area contributed by atoms with Crippen LogP contribution in [-0.2, 0) is 6.54 Å². The molecule has 0 aromatic carbocycles. The highest BCUT2D eigenvalue weighted by Crippen LogP contribution is 2.18. The van der Waals surface area contributed by atoms with Crippen LogP contribution in [0.5, 0.6) is 0 Å². The molecule has 0 aliphatic rings. The zero-order valence-corrected chi connectivity index (χ0v) is 11.4. The number of imidazole rings is 1. The molecule has 0 bridgehead atoms. The van der Waals surface area contributed by atoms with E-state index in [2.05, 4.69) is 19.9 Å². The van der Waals surface area contributed by atoms with Crippen LogP contribution in [0.3, 0.4) is 0 Å². The van der Waals surface area contributed by atoms with Crippen molar-refractivity contribution >= 4 is 11.3 Å². The minimum atomic E-state index is -0.266. The van der Waals surface area contributed by atoms with Gasteiger partial charge in [0.05, 0.1) is 24.7 Å². The number of H-pyrrole nitrogens is 1. The molecule has 108 valence electrons. The zero-order chi connectivity index (χ0) is 14.9. The smallest absolute Gasteiger partial charge is 0.329 e. The lowest BCUT2D eigenvalue weighted by atomic mass is 10.3. The number of fused-ring (bicyclic) bond motifs is 1. The number of hydrogen-bond donors (Lipinski definition) is 1. The number of hydrogen-bond acceptors (Lipinski definition) is 5. The molecule has 0 saturated heterocycles. The van der Waals surface area contributed by atoms with Gasteiger partial charge in [-0.3, -0.25) is 14.5 Å². The fourth-order valence-electron chi connectivity index (χ4n) is 2.26. The molecule has 4 rings (SSSR count). The van der Waals surface area contributed by atoms with Crippen LogP contribution in [0.15, 0.2) is 58.2 Å². The van der Waals surface area contributed by atoms with Gasteiger partial charge in [0.25, 0.3) is 0 Å². The van der Waals surface area contributed by atoms with E-state index in [4.69, 9.17) is 4.42 Å². The summed E-state index contributed by atoms with van der Waals surface area (Å²) in [7, 11) is 0. The van der Waals surface area contributed by atoms with Crippen molar-refractivity contribution in [2.45, 2.75) is 6.54 Å². The monoisotopic (exact) mass is 293 g/mol. The van der Waals surface area contributed by atoms with Crippen LogP contribution in [0.2, 0.25) is 0 Å². The summed E-state index contributed by atoms with van der Waals surface area (Å²) in [6.45, 7) is 0.329. The van der Waals surface area contributed by atoms with Gasteiger partial charge < -0.3 is 4.42 Å². The van der Waals surface area contributed by atoms with Gasteiger partial charge in [-0.1, -0.05) is 6.07 Å². The molecule has 22 heavy (non-hydrogen) atoms. The van der Waals surface area contributed by atoms with Crippen molar-refractivity contribution in [3.8, 4) is 11.5 Å². The van der Waals surface area contributed by atoms with E-state index in [9.17, 15) is 4.79 Å². The molecule has 7 heteroatoms. The van der Waals surface area contributed by atoms with Crippen molar-refractivity contribution < 1.29 is 4.42 Å². The van der Waals surface area contributed by atoms with Gasteiger partial charge >= 0.3 is 5.69 Å². The van der Waals surface area contributed by atoms with E-state index in [0.29, 0.717) is 29.3 Å². The molecule has 0 spiro atoms. The summed E-state index contributed by atoms with van der Waals surface area (Å²) in [6, 6.07) is 9.14. The highest BCUT2D eigenvalue weighted by atomic mass is 16.3. The summed E-state index contributed by atoms with van der Waals surface area (Å²) in [5.41, 5.74) is 2.00. The molecular formula is C15H11N5O2. The van der Waals surface area contributed by atoms with E-state index >= 15 is 0 Å². The summed E-state index contributed by atoms with van der Waals surface area (Å²) in [5, 5.41) is 0. The van der Waals surface area contributed by atoms with Crippen LogP contribution in [0.1, 0.15) is 5.69 Å². The summed E-state index contributed by atoms with van der Waals surface area (Å²) in [6.07, 6.45) is 4.83. The molecule has 4 heterocycles. The van der Waals surface area contributed by atoms with Crippen LogP contribution in [0, 0.1) is 0 Å². The van der Waals surface area contributed by atoms with Gasteiger partial charge in [-0.15, -0.1) is 0 Å². The SMILES string of the molecule is O=c1[nH]c2ncc(-c3ccco3)nc2n1Cc1ccccn1. The van der Waals surface area contributed by atoms with E-state index < -0.39 is 0 Å². The van der Waals surface area contributed by atoms with Gasteiger partial charge in [0.2, 0.25) is 0 Å². The van der Waals surface area contributed by atoms with Gasteiger partial charge in [0, 0.05) is 6.20 Å². The molecule has 0 saturated carbocycles. The third kappa shape index (κ3) is 2.08. The highest BCUT2D eigenvalue weighted by molar-refractivity contribution is 5.69. The van der Waals surface area contributed by atoms with Gasteiger partial charge in [-0.05, 0) is 24.3 Å². The number of furan rings is 1. The first kappa shape index (κ1) is 12.5. The number of rotatable bonds is 3. The minimum Gasteiger partial charge on any atom is -0.463 e. The quantitative estimate of drug-likeness (QED) is 0.622. The second-order valence-electron chi connectivity index (χ2n) is 4.74. The molecule has 0 unspecified atom stereocenters. The Morgan fingerprint density at radius 3 is 2.91 bits per heavy atom. The van der Waals surface area contributed by atoms with E-state index in [1.807, 2.05) is 18.2 Å². The van der Waals surface area contributed by atoms with Crippen molar-refractivity contribution in [1.82, 2.24) is 24.5 Å². The van der Waals surface area contributed by atoms with E-state index in [1.54, 1.807) is 30.8 Å². The average Bonchev–Trinajstić information content (AvgIpc) is 3.17. The van der Waals surface area contributed by atoms with Crippen molar-refractivity contribution in [3.63, 3.8) is 0 Å². The average molecular weight is 293 g/mol. The largest absolute Gasteiger partial charge is 0.463 e. The third-order valence-electron chi connectivity index (χ3n) is 3.30. The lowest BCUT2D eigenvalue weighted by Gasteiger charge is -2.02. The Labute approximate surface area is 124 Å². The Morgan fingerprint density at radius 2 is 2.14 bits per heavy atom. The van der Waals surface area contributed by atoms with E-state index in [-0.39, 0.29) is 5.69 Å². The topological polar surface area (TPSA) is 89.6 Å². The summed E-state index contributed by atoms with van der Waals surface area (Å²) < 4.78 is 6.83. The summed E-state index contributed by atoms with van der Waals surface area (Å²) >= 11 is 0. The predicted molar refractivity (Wildman–Crippen MR) is 79.2 cm³/mol. The first-order valence-electron chi connectivity index (χ1n) is 6.70.